The van der Waals surface area contributed by atoms with Gasteiger partial charge in [0.15, 0.2) is 0 Å². The van der Waals surface area contributed by atoms with E-state index in [1.54, 1.807) is 17.6 Å². The molecule has 0 aliphatic carbocycles. The predicted octanol–water partition coefficient (Wildman–Crippen LogP) is 4.60. The molecule has 2 nitrogen and oxygen atoms in total. The van der Waals surface area contributed by atoms with Crippen molar-refractivity contribution < 1.29 is 4.42 Å². The van der Waals surface area contributed by atoms with Gasteiger partial charge in [0.2, 0.25) is 0 Å². The fourth-order valence-electron chi connectivity index (χ4n) is 1.81. The second-order valence-corrected chi connectivity index (χ2v) is 5.16. The molecule has 3 rings (SSSR count). The van der Waals surface area contributed by atoms with Gasteiger partial charge in [-0.3, -0.25) is 0 Å². The van der Waals surface area contributed by atoms with E-state index in [4.69, 9.17) is 16.0 Å². The van der Waals surface area contributed by atoms with Gasteiger partial charge in [0, 0.05) is 10.3 Å². The minimum absolute atomic E-state index is 0.513. The van der Waals surface area contributed by atoms with Crippen LogP contribution in [0.1, 0.15) is 10.6 Å². The quantitative estimate of drug-likeness (QED) is 0.632. The Morgan fingerprint density at radius 3 is 2.94 bits per heavy atom. The van der Waals surface area contributed by atoms with Crippen molar-refractivity contribution in [1.29, 1.82) is 0 Å². The highest BCUT2D eigenvalue weighted by molar-refractivity contribution is 7.15. The van der Waals surface area contributed by atoms with Crippen LogP contribution in [-0.2, 0) is 5.88 Å². The monoisotopic (exact) mass is 263 g/mol. The Morgan fingerprint density at radius 1 is 1.35 bits per heavy atom. The summed E-state index contributed by atoms with van der Waals surface area (Å²) in [4.78, 5) is 5.67. The maximum absolute atomic E-state index is 5.87. The molecule has 86 valence electrons. The van der Waals surface area contributed by atoms with E-state index in [-0.39, 0.29) is 0 Å². The molecule has 4 heteroatoms. The van der Waals surface area contributed by atoms with Crippen LogP contribution in [0.25, 0.3) is 21.5 Å². The molecular formula is C13H10ClNOS. The van der Waals surface area contributed by atoms with E-state index >= 15 is 0 Å². The summed E-state index contributed by atoms with van der Waals surface area (Å²) in [6.07, 6.45) is 1.76. The topological polar surface area (TPSA) is 26.0 Å². The molecule has 0 fully saturated rings. The largest absolute Gasteiger partial charge is 0.464 e. The zero-order valence-electron chi connectivity index (χ0n) is 9.24. The number of benzene rings is 1. The molecule has 0 unspecified atom stereocenters. The molecule has 0 amide bonds. The highest BCUT2D eigenvalue weighted by atomic mass is 35.5. The molecule has 0 radical (unpaired) electrons. The molecular weight excluding hydrogens is 254 g/mol. The lowest BCUT2D eigenvalue weighted by Crippen LogP contribution is -1.77. The highest BCUT2D eigenvalue weighted by Crippen LogP contribution is 2.34. The first-order chi connectivity index (χ1) is 8.29. The van der Waals surface area contributed by atoms with Crippen LogP contribution in [0.4, 0.5) is 0 Å². The third kappa shape index (κ3) is 1.75. The number of aryl methyl sites for hydroxylation is 1. The molecule has 2 aromatic heterocycles. The average Bonchev–Trinajstić information content (AvgIpc) is 2.92. The molecule has 0 aliphatic rings. The first-order valence-electron chi connectivity index (χ1n) is 5.28. The molecule has 17 heavy (non-hydrogen) atoms. The van der Waals surface area contributed by atoms with Crippen LogP contribution in [0.3, 0.4) is 0 Å². The van der Waals surface area contributed by atoms with Gasteiger partial charge in [-0.1, -0.05) is 18.2 Å². The fraction of sp³-hybridized carbons (Fsp3) is 0.154. The van der Waals surface area contributed by atoms with Crippen molar-refractivity contribution in [1.82, 2.24) is 4.98 Å². The van der Waals surface area contributed by atoms with E-state index in [1.165, 1.54) is 0 Å². The smallest absolute Gasteiger partial charge is 0.134 e. The summed E-state index contributed by atoms with van der Waals surface area (Å²) in [7, 11) is 0. The Kier molecular flexibility index (Phi) is 2.65. The molecule has 0 spiro atoms. The first-order valence-corrected chi connectivity index (χ1v) is 6.63. The van der Waals surface area contributed by atoms with Crippen LogP contribution in [0.2, 0.25) is 0 Å². The third-order valence-electron chi connectivity index (χ3n) is 2.73. The van der Waals surface area contributed by atoms with Gasteiger partial charge >= 0.3 is 0 Å². The van der Waals surface area contributed by atoms with Crippen LogP contribution < -0.4 is 0 Å². The first kappa shape index (κ1) is 10.8. The van der Waals surface area contributed by atoms with Crippen molar-refractivity contribution in [2.24, 2.45) is 0 Å². The van der Waals surface area contributed by atoms with Crippen molar-refractivity contribution in [3.8, 4) is 10.6 Å². The predicted molar refractivity (Wildman–Crippen MR) is 71.6 cm³/mol. The molecule has 0 saturated carbocycles. The average molecular weight is 264 g/mol. The number of alkyl halides is 1. The zero-order valence-corrected chi connectivity index (χ0v) is 10.8. The number of thiazole rings is 1. The number of furan rings is 1. The van der Waals surface area contributed by atoms with Crippen molar-refractivity contribution >= 4 is 33.9 Å². The van der Waals surface area contributed by atoms with Gasteiger partial charge in [0.1, 0.15) is 16.9 Å². The minimum Gasteiger partial charge on any atom is -0.464 e. The van der Waals surface area contributed by atoms with Gasteiger partial charge in [0.25, 0.3) is 0 Å². The molecule has 2 heterocycles. The highest BCUT2D eigenvalue weighted by Gasteiger charge is 2.13. The lowest BCUT2D eigenvalue weighted by molar-refractivity contribution is 0.617. The van der Waals surface area contributed by atoms with Crippen molar-refractivity contribution in [3.05, 3.63) is 41.1 Å². The Hall–Kier alpha value is -1.32. The second-order valence-electron chi connectivity index (χ2n) is 3.81. The molecule has 3 aromatic rings. The van der Waals surface area contributed by atoms with E-state index in [2.05, 4.69) is 4.98 Å². The summed E-state index contributed by atoms with van der Waals surface area (Å²) >= 11 is 7.50. The lowest BCUT2D eigenvalue weighted by Gasteiger charge is -1.90. The van der Waals surface area contributed by atoms with E-state index in [0.717, 1.165) is 32.1 Å². The molecule has 0 bridgehead atoms. The van der Waals surface area contributed by atoms with Gasteiger partial charge < -0.3 is 4.42 Å². The number of hydrogen-bond donors (Lipinski definition) is 0. The summed E-state index contributed by atoms with van der Waals surface area (Å²) in [6, 6.07) is 7.98. The standard InChI is InChI=1S/C13H10ClNOS/c1-8-12(6-14)17-13(15-8)10-7-16-11-5-3-2-4-9(10)11/h2-5,7H,6H2,1H3. The molecule has 0 aliphatic heterocycles. The van der Waals surface area contributed by atoms with Crippen LogP contribution in [0.5, 0.6) is 0 Å². The van der Waals surface area contributed by atoms with E-state index < -0.39 is 0 Å². The van der Waals surface area contributed by atoms with Gasteiger partial charge in [-0.25, -0.2) is 4.98 Å². The van der Waals surface area contributed by atoms with Crippen molar-refractivity contribution in [2.75, 3.05) is 0 Å². The number of hydrogen-bond acceptors (Lipinski definition) is 3. The summed E-state index contributed by atoms with van der Waals surface area (Å²) in [6.45, 7) is 1.99. The summed E-state index contributed by atoms with van der Waals surface area (Å²) in [5.41, 5.74) is 2.94. The Labute approximate surface area is 108 Å². The van der Waals surface area contributed by atoms with Gasteiger partial charge in [0.05, 0.1) is 17.1 Å². The molecule has 0 atom stereocenters. The Morgan fingerprint density at radius 2 is 2.18 bits per heavy atom. The third-order valence-corrected chi connectivity index (χ3v) is 4.34. The number of nitrogens with zero attached hydrogens (tertiary/aromatic N) is 1. The van der Waals surface area contributed by atoms with E-state index in [1.807, 2.05) is 31.2 Å². The van der Waals surface area contributed by atoms with Crippen LogP contribution in [0.15, 0.2) is 34.9 Å². The van der Waals surface area contributed by atoms with Crippen molar-refractivity contribution in [3.63, 3.8) is 0 Å². The Bertz CT molecular complexity index is 671. The summed E-state index contributed by atoms with van der Waals surface area (Å²) in [5, 5.41) is 2.07. The van der Waals surface area contributed by atoms with Crippen LogP contribution in [-0.4, -0.2) is 4.98 Å². The molecule has 0 N–H and O–H groups in total. The Balaban J connectivity index is 2.20. The molecule has 0 saturated heterocycles. The van der Waals surface area contributed by atoms with E-state index in [9.17, 15) is 0 Å². The molecule has 1 aromatic carbocycles. The number of halogens is 1. The van der Waals surface area contributed by atoms with Crippen molar-refractivity contribution in [2.45, 2.75) is 12.8 Å². The van der Waals surface area contributed by atoms with Crippen LogP contribution >= 0.6 is 22.9 Å². The number of rotatable bonds is 2. The number of fused-ring (bicyclic) bond motifs is 1. The van der Waals surface area contributed by atoms with Crippen LogP contribution in [0, 0.1) is 6.92 Å². The number of para-hydroxylation sites is 1. The van der Waals surface area contributed by atoms with Gasteiger partial charge in [-0.2, -0.15) is 0 Å². The lowest BCUT2D eigenvalue weighted by atomic mass is 10.2. The summed E-state index contributed by atoms with van der Waals surface area (Å²) < 4.78 is 5.52. The maximum atomic E-state index is 5.87. The normalized spacial score (nSPS) is 11.2. The van der Waals surface area contributed by atoms with Gasteiger partial charge in [-0.05, 0) is 13.0 Å². The van der Waals surface area contributed by atoms with Gasteiger partial charge in [-0.15, -0.1) is 22.9 Å². The number of aromatic nitrogens is 1. The zero-order chi connectivity index (χ0) is 11.8. The van der Waals surface area contributed by atoms with E-state index in [0.29, 0.717) is 5.88 Å². The fourth-order valence-corrected chi connectivity index (χ4v) is 3.10. The maximum Gasteiger partial charge on any atom is 0.134 e. The minimum atomic E-state index is 0.513. The second kappa shape index (κ2) is 4.17. The SMILES string of the molecule is Cc1nc(-c2coc3ccccc23)sc1CCl. The summed E-state index contributed by atoms with van der Waals surface area (Å²) in [5.74, 6) is 0.513.